The minimum absolute atomic E-state index is 0.162. The van der Waals surface area contributed by atoms with E-state index in [1.165, 1.54) is 0 Å². The largest absolute Gasteiger partial charge is 0.496 e. The monoisotopic (exact) mass is 352 g/mol. The molecule has 1 aliphatic rings. The Kier molecular flexibility index (Phi) is 4.46. The van der Waals surface area contributed by atoms with E-state index in [4.69, 9.17) is 16.3 Å². The van der Waals surface area contributed by atoms with E-state index in [1.807, 2.05) is 0 Å². The van der Waals surface area contributed by atoms with E-state index in [0.29, 0.717) is 27.9 Å². The van der Waals surface area contributed by atoms with Crippen molar-refractivity contribution in [1.29, 1.82) is 0 Å². The molecule has 3 rings (SSSR count). The molecule has 0 atom stereocenters. The van der Waals surface area contributed by atoms with Crippen LogP contribution in [0.15, 0.2) is 23.0 Å². The molecule has 0 radical (unpaired) electrons. The lowest BCUT2D eigenvalue weighted by atomic mass is 10.2. The summed E-state index contributed by atoms with van der Waals surface area (Å²) in [4.78, 5) is 24.8. The van der Waals surface area contributed by atoms with Crippen LogP contribution in [0.3, 0.4) is 0 Å². The van der Waals surface area contributed by atoms with Crippen molar-refractivity contribution in [3.63, 3.8) is 0 Å². The molecule has 1 heterocycles. The number of halogens is 1. The summed E-state index contributed by atoms with van der Waals surface area (Å²) < 4.78 is 6.90. The molecular weight excluding hydrogens is 336 g/mol. The zero-order chi connectivity index (χ0) is 16.6. The van der Waals surface area contributed by atoms with Gasteiger partial charge in [-0.05, 0) is 38.0 Å². The molecule has 0 spiro atoms. The van der Waals surface area contributed by atoms with Crippen LogP contribution in [-0.4, -0.2) is 23.6 Å². The van der Waals surface area contributed by atoms with E-state index in [1.54, 1.807) is 36.8 Å². The number of methoxy groups -OCH3 is 1. The average Bonchev–Trinajstić information content (AvgIpc) is 3.28. The number of thiazole rings is 1. The molecule has 1 amide bonds. The summed E-state index contributed by atoms with van der Waals surface area (Å²) in [5, 5.41) is 3.50. The van der Waals surface area contributed by atoms with E-state index in [2.05, 4.69) is 5.32 Å². The van der Waals surface area contributed by atoms with Crippen molar-refractivity contribution >= 4 is 28.8 Å². The first-order valence-electron chi connectivity index (χ1n) is 7.33. The van der Waals surface area contributed by atoms with Gasteiger partial charge in [0.2, 0.25) is 0 Å². The van der Waals surface area contributed by atoms with Crippen LogP contribution in [0.1, 0.15) is 33.8 Å². The summed E-state index contributed by atoms with van der Waals surface area (Å²) >= 11 is 7.01. The highest BCUT2D eigenvalue weighted by Crippen LogP contribution is 2.25. The van der Waals surface area contributed by atoms with Crippen LogP contribution in [0.2, 0.25) is 5.02 Å². The summed E-state index contributed by atoms with van der Waals surface area (Å²) in [5.74, 6) is 0.500. The number of carbonyl (C=O) groups excluding carboxylic acids is 1. The number of nitrogens with one attached hydrogen (secondary N) is 1. The Balaban J connectivity index is 1.91. The van der Waals surface area contributed by atoms with Crippen molar-refractivity contribution < 1.29 is 9.53 Å². The fraction of sp³-hybridized carbons (Fsp3) is 0.375. The lowest BCUT2D eigenvalue weighted by Crippen LogP contribution is -2.25. The number of nitrogens with zero attached hydrogens (tertiary/aromatic N) is 1. The highest BCUT2D eigenvalue weighted by atomic mass is 35.5. The van der Waals surface area contributed by atoms with Gasteiger partial charge in [0.15, 0.2) is 0 Å². The van der Waals surface area contributed by atoms with Gasteiger partial charge in [0.25, 0.3) is 5.91 Å². The maximum atomic E-state index is 12.3. The van der Waals surface area contributed by atoms with Crippen LogP contribution in [0.4, 0.5) is 0 Å². The molecule has 7 heteroatoms. The van der Waals surface area contributed by atoms with E-state index in [9.17, 15) is 9.59 Å². The Hall–Kier alpha value is -1.79. The molecule has 0 unspecified atom stereocenters. The second kappa shape index (κ2) is 6.37. The van der Waals surface area contributed by atoms with Crippen LogP contribution < -0.4 is 14.9 Å². The summed E-state index contributed by atoms with van der Waals surface area (Å²) in [7, 11) is 1.57. The predicted octanol–water partition coefficient (Wildman–Crippen LogP) is 2.82. The van der Waals surface area contributed by atoms with Crippen molar-refractivity contribution in [3.8, 4) is 5.75 Å². The molecule has 1 fully saturated rings. The van der Waals surface area contributed by atoms with E-state index in [-0.39, 0.29) is 16.8 Å². The number of benzene rings is 1. The minimum Gasteiger partial charge on any atom is -0.496 e. The van der Waals surface area contributed by atoms with Gasteiger partial charge in [-0.25, -0.2) is 0 Å². The summed E-state index contributed by atoms with van der Waals surface area (Å²) in [6.07, 6.45) is 2.03. The number of rotatable bonds is 5. The number of aromatic nitrogens is 1. The first-order valence-corrected chi connectivity index (χ1v) is 8.52. The highest BCUT2D eigenvalue weighted by Gasteiger charge is 2.26. The molecule has 122 valence electrons. The quantitative estimate of drug-likeness (QED) is 0.900. The number of hydrogen-bond donors (Lipinski definition) is 1. The predicted molar refractivity (Wildman–Crippen MR) is 90.9 cm³/mol. The second-order valence-electron chi connectivity index (χ2n) is 5.57. The lowest BCUT2D eigenvalue weighted by Gasteiger charge is -2.11. The third-order valence-corrected chi connectivity index (χ3v) is 5.15. The molecule has 1 aliphatic carbocycles. The van der Waals surface area contributed by atoms with Gasteiger partial charge in [-0.2, -0.15) is 0 Å². The number of carbonyl (C=O) groups is 1. The molecule has 0 saturated heterocycles. The molecule has 1 aromatic heterocycles. The van der Waals surface area contributed by atoms with Crippen LogP contribution in [0, 0.1) is 6.92 Å². The van der Waals surface area contributed by atoms with Crippen LogP contribution in [0.25, 0.3) is 0 Å². The molecule has 2 aromatic rings. The van der Waals surface area contributed by atoms with Crippen molar-refractivity contribution in [2.24, 2.45) is 0 Å². The number of hydrogen-bond acceptors (Lipinski definition) is 4. The molecule has 1 N–H and O–H groups in total. The summed E-state index contributed by atoms with van der Waals surface area (Å²) in [5.41, 5.74) is 1.47. The Labute approximate surface area is 142 Å². The van der Waals surface area contributed by atoms with Crippen LogP contribution in [-0.2, 0) is 6.54 Å². The number of amides is 1. The topological polar surface area (TPSA) is 60.3 Å². The van der Waals surface area contributed by atoms with E-state index in [0.717, 1.165) is 29.7 Å². The molecule has 5 nitrogen and oxygen atoms in total. The molecule has 23 heavy (non-hydrogen) atoms. The van der Waals surface area contributed by atoms with Gasteiger partial charge in [-0.3, -0.25) is 14.2 Å². The first-order chi connectivity index (χ1) is 11.0. The maximum absolute atomic E-state index is 12.3. The maximum Gasteiger partial charge on any atom is 0.308 e. The van der Waals surface area contributed by atoms with Gasteiger partial charge in [0, 0.05) is 22.3 Å². The summed E-state index contributed by atoms with van der Waals surface area (Å²) in [6.45, 7) is 2.11. The standard InChI is InChI=1S/C16H17ClN2O3S/c1-9-14(15(20)18-12-4-5-12)23-16(21)19(9)8-10-7-11(17)3-6-13(10)22-2/h3,6-7,12H,4-5,8H2,1-2H3,(H,18,20). The smallest absolute Gasteiger partial charge is 0.308 e. The van der Waals surface area contributed by atoms with E-state index >= 15 is 0 Å². The third kappa shape index (κ3) is 3.43. The third-order valence-electron chi connectivity index (χ3n) is 3.83. The lowest BCUT2D eigenvalue weighted by molar-refractivity contribution is 0.0954. The van der Waals surface area contributed by atoms with Crippen LogP contribution in [0.5, 0.6) is 5.75 Å². The van der Waals surface area contributed by atoms with E-state index < -0.39 is 0 Å². The normalized spacial score (nSPS) is 13.9. The minimum atomic E-state index is -0.163. The van der Waals surface area contributed by atoms with Gasteiger partial charge in [-0.1, -0.05) is 22.9 Å². The zero-order valence-electron chi connectivity index (χ0n) is 12.9. The van der Waals surface area contributed by atoms with Gasteiger partial charge in [0.05, 0.1) is 13.7 Å². The molecule has 1 saturated carbocycles. The Morgan fingerprint density at radius 2 is 2.22 bits per heavy atom. The second-order valence-corrected chi connectivity index (χ2v) is 6.97. The Morgan fingerprint density at radius 3 is 2.87 bits per heavy atom. The van der Waals surface area contributed by atoms with Gasteiger partial charge in [-0.15, -0.1) is 0 Å². The van der Waals surface area contributed by atoms with Crippen molar-refractivity contribution in [1.82, 2.24) is 9.88 Å². The number of ether oxygens (including phenoxy) is 1. The average molecular weight is 353 g/mol. The Bertz CT molecular complexity index is 808. The Morgan fingerprint density at radius 1 is 1.48 bits per heavy atom. The van der Waals surface area contributed by atoms with Gasteiger partial charge < -0.3 is 10.1 Å². The van der Waals surface area contributed by atoms with Crippen LogP contribution >= 0.6 is 22.9 Å². The first kappa shape index (κ1) is 16.1. The highest BCUT2D eigenvalue weighted by molar-refractivity contribution is 7.11. The van der Waals surface area contributed by atoms with Crippen molar-refractivity contribution in [3.05, 3.63) is 49.0 Å². The molecular formula is C16H17ClN2O3S. The van der Waals surface area contributed by atoms with Gasteiger partial charge in [0.1, 0.15) is 10.6 Å². The SMILES string of the molecule is COc1ccc(Cl)cc1Cn1c(C)c(C(=O)NC2CC2)sc1=O. The van der Waals surface area contributed by atoms with Gasteiger partial charge >= 0.3 is 4.87 Å². The fourth-order valence-electron chi connectivity index (χ4n) is 2.39. The zero-order valence-corrected chi connectivity index (χ0v) is 14.5. The van der Waals surface area contributed by atoms with Crippen molar-refractivity contribution in [2.75, 3.05) is 7.11 Å². The fourth-order valence-corrected chi connectivity index (χ4v) is 3.48. The molecule has 0 bridgehead atoms. The summed E-state index contributed by atoms with van der Waals surface area (Å²) in [6, 6.07) is 5.54. The molecule has 0 aliphatic heterocycles. The molecule has 1 aromatic carbocycles. The van der Waals surface area contributed by atoms with Crippen molar-refractivity contribution in [2.45, 2.75) is 32.4 Å².